The summed E-state index contributed by atoms with van der Waals surface area (Å²) >= 11 is 12.1. The molecule has 4 aromatic rings. The van der Waals surface area contributed by atoms with E-state index in [4.69, 9.17) is 33.1 Å². The predicted octanol–water partition coefficient (Wildman–Crippen LogP) is 4.80. The lowest BCUT2D eigenvalue weighted by Crippen LogP contribution is -2.38. The summed E-state index contributed by atoms with van der Waals surface area (Å²) < 4.78 is 31.5. The van der Waals surface area contributed by atoms with E-state index in [0.29, 0.717) is 21.4 Å². The number of aromatic amines is 1. The molecule has 6 nitrogen and oxygen atoms in total. The molecule has 11 heteroatoms. The molecule has 0 spiro atoms. The fourth-order valence-electron chi connectivity index (χ4n) is 3.67. The van der Waals surface area contributed by atoms with Gasteiger partial charge in [-0.05, 0) is 78.0 Å². The number of fused-ring (bicyclic) bond motifs is 1. The van der Waals surface area contributed by atoms with Crippen molar-refractivity contribution in [2.24, 2.45) is 0 Å². The lowest BCUT2D eigenvalue weighted by Gasteiger charge is -2.25. The molecule has 0 saturated heterocycles. The largest absolute Gasteiger partial charge is 0.542 e. The van der Waals surface area contributed by atoms with Crippen LogP contribution >= 0.6 is 23.2 Å². The van der Waals surface area contributed by atoms with Crippen LogP contribution in [-0.4, -0.2) is 29.1 Å². The number of amides is 1. The monoisotopic (exact) mass is 563 g/mol. The maximum atomic E-state index is 13.0. The zero-order chi connectivity index (χ0) is 27.9. The first-order valence-electron chi connectivity index (χ1n) is 11.3. The summed E-state index contributed by atoms with van der Waals surface area (Å²) in [6, 6.07) is 22.9. The van der Waals surface area contributed by atoms with Crippen LogP contribution in [0.1, 0.15) is 34.5 Å². The highest BCUT2D eigenvalue weighted by Gasteiger charge is 2.29. The van der Waals surface area contributed by atoms with Gasteiger partial charge in [0.2, 0.25) is 5.69 Å². The summed E-state index contributed by atoms with van der Waals surface area (Å²) in [6.07, 6.45) is -2.65. The second kappa shape index (κ2) is 12.7. The van der Waals surface area contributed by atoms with Crippen molar-refractivity contribution in [2.75, 3.05) is 0 Å². The summed E-state index contributed by atoms with van der Waals surface area (Å²) in [5, 5.41) is 14.3. The first-order valence-corrected chi connectivity index (χ1v) is 12.1. The lowest BCUT2D eigenvalue weighted by atomic mass is 9.86. The number of carbonyl (C=O) groups is 2. The maximum absolute atomic E-state index is 13.0. The molecule has 0 bridgehead atoms. The molecule has 1 amide bonds. The average molecular weight is 564 g/mol. The topological polar surface area (TPSA) is 96.3 Å². The van der Waals surface area contributed by atoms with Gasteiger partial charge in [-0.1, -0.05) is 47.5 Å². The van der Waals surface area contributed by atoms with Crippen LogP contribution in [0.2, 0.25) is 10.0 Å². The molecule has 38 heavy (non-hydrogen) atoms. The molecule has 0 fully saturated rings. The minimum absolute atomic E-state index is 0.0504. The van der Waals surface area contributed by atoms with Crippen molar-refractivity contribution in [2.45, 2.75) is 31.5 Å². The smallest absolute Gasteiger partial charge is 0.430 e. The van der Waals surface area contributed by atoms with Crippen LogP contribution < -0.4 is 15.4 Å². The van der Waals surface area contributed by atoms with E-state index in [1.54, 1.807) is 12.3 Å². The number of hydrogen-bond acceptors (Lipinski definition) is 4. The minimum atomic E-state index is -5.19. The number of rotatable bonds is 6. The zero-order valence-corrected chi connectivity index (χ0v) is 21.4. The van der Waals surface area contributed by atoms with Crippen LogP contribution in [0, 0.1) is 0 Å². The molecule has 0 unspecified atom stereocenters. The Morgan fingerprint density at radius 2 is 1.55 bits per heavy atom. The van der Waals surface area contributed by atoms with Crippen molar-refractivity contribution < 1.29 is 32.9 Å². The number of hydrogen-bond donors (Lipinski definition) is 1. The number of benzene rings is 2. The van der Waals surface area contributed by atoms with Crippen molar-refractivity contribution in [1.82, 2.24) is 10.3 Å². The number of aromatic nitrogens is 2. The Morgan fingerprint density at radius 1 is 0.974 bits per heavy atom. The van der Waals surface area contributed by atoms with Crippen LogP contribution in [0.15, 0.2) is 79.0 Å². The molecule has 2 heterocycles. The summed E-state index contributed by atoms with van der Waals surface area (Å²) in [4.78, 5) is 29.3. The summed E-state index contributed by atoms with van der Waals surface area (Å²) in [7, 11) is 0. The standard InChI is InChI=1S/C25H21Cl2N3O.C2HF3O2/c1-16(29-25(31)23-13-8-19-3-2-14-28-24(19)30-23)22(18-6-11-21(27)12-7-18)15-17-4-9-20(26)10-5-17;3-2(4,5)1(6)7/h2-14,16,22H,15H2,1H3,(H,29,31);(H,6,7)/t16-,22+;/m1./s1. The van der Waals surface area contributed by atoms with Gasteiger partial charge in [-0.15, -0.1) is 0 Å². The van der Waals surface area contributed by atoms with Gasteiger partial charge in [0, 0.05) is 22.0 Å². The number of carbonyl (C=O) groups excluding carboxylic acids is 2. The van der Waals surface area contributed by atoms with Gasteiger partial charge in [-0.2, -0.15) is 13.2 Å². The Morgan fingerprint density at radius 3 is 2.13 bits per heavy atom. The van der Waals surface area contributed by atoms with Crippen molar-refractivity contribution in [3.8, 4) is 0 Å². The van der Waals surface area contributed by atoms with Gasteiger partial charge in [0.05, 0.1) is 11.6 Å². The highest BCUT2D eigenvalue weighted by Crippen LogP contribution is 2.27. The molecule has 0 aliphatic carbocycles. The van der Waals surface area contributed by atoms with Gasteiger partial charge in [0.25, 0.3) is 5.91 Å². The number of pyridine rings is 2. The SMILES string of the molecule is C[C@@H](NC(=O)c1ccc2ccc[nH+]c2n1)[C@H](Cc1ccc(Cl)cc1)c1ccc(Cl)cc1.O=C([O-])C(F)(F)F. The van der Waals surface area contributed by atoms with Crippen molar-refractivity contribution in [3.05, 3.63) is 106 Å². The fraction of sp³-hybridized carbons (Fsp3) is 0.185. The van der Waals surface area contributed by atoms with E-state index in [9.17, 15) is 18.0 Å². The summed E-state index contributed by atoms with van der Waals surface area (Å²) in [5.41, 5.74) is 3.30. The molecular formula is C27H22Cl2F3N3O3. The van der Waals surface area contributed by atoms with E-state index in [-0.39, 0.29) is 17.9 Å². The summed E-state index contributed by atoms with van der Waals surface area (Å²) in [6.45, 7) is 2.01. The maximum Gasteiger partial charge on any atom is 0.430 e. The Kier molecular flexibility index (Phi) is 9.66. The fourth-order valence-corrected chi connectivity index (χ4v) is 3.93. The first-order chi connectivity index (χ1) is 17.9. The Bertz CT molecular complexity index is 1400. The van der Waals surface area contributed by atoms with Gasteiger partial charge in [-0.3, -0.25) is 4.79 Å². The molecular weight excluding hydrogens is 542 g/mol. The van der Waals surface area contributed by atoms with Crippen LogP contribution in [0.5, 0.6) is 0 Å². The normalized spacial score (nSPS) is 12.7. The molecule has 0 radical (unpaired) electrons. The van der Waals surface area contributed by atoms with E-state index < -0.39 is 12.1 Å². The average Bonchev–Trinajstić information content (AvgIpc) is 2.88. The number of H-pyrrole nitrogens is 1. The molecule has 2 aromatic carbocycles. The molecule has 0 aliphatic rings. The minimum Gasteiger partial charge on any atom is -0.542 e. The second-order valence-electron chi connectivity index (χ2n) is 8.34. The van der Waals surface area contributed by atoms with Crippen LogP contribution in [-0.2, 0) is 11.2 Å². The lowest BCUT2D eigenvalue weighted by molar-refractivity contribution is -0.347. The number of nitrogens with one attached hydrogen (secondary N) is 2. The molecule has 4 rings (SSSR count). The molecule has 0 aliphatic heterocycles. The third-order valence-electron chi connectivity index (χ3n) is 5.61. The Labute approximate surface area is 226 Å². The van der Waals surface area contributed by atoms with Gasteiger partial charge in [-0.25, -0.2) is 4.98 Å². The Hall–Kier alpha value is -3.69. The van der Waals surface area contributed by atoms with Crippen LogP contribution in [0.4, 0.5) is 13.2 Å². The third-order valence-corrected chi connectivity index (χ3v) is 6.12. The second-order valence-corrected chi connectivity index (χ2v) is 9.21. The van der Waals surface area contributed by atoms with E-state index >= 15 is 0 Å². The number of nitrogens with zero attached hydrogens (tertiary/aromatic N) is 1. The van der Waals surface area contributed by atoms with E-state index in [1.807, 2.05) is 73.7 Å². The number of carboxylic acid groups (broad SMARTS) is 1. The Balaban J connectivity index is 0.000000505. The van der Waals surface area contributed by atoms with E-state index in [2.05, 4.69) is 15.3 Å². The third kappa shape index (κ3) is 8.16. The zero-order valence-electron chi connectivity index (χ0n) is 19.9. The quantitative estimate of drug-likeness (QED) is 0.364. The van der Waals surface area contributed by atoms with Gasteiger partial charge < -0.3 is 15.2 Å². The number of carboxylic acids is 1. The highest BCUT2D eigenvalue weighted by molar-refractivity contribution is 6.30. The number of alkyl halides is 3. The van der Waals surface area contributed by atoms with Crippen molar-refractivity contribution in [3.63, 3.8) is 0 Å². The van der Waals surface area contributed by atoms with Crippen molar-refractivity contribution >= 4 is 46.1 Å². The molecule has 198 valence electrons. The molecule has 2 aromatic heterocycles. The number of halogens is 5. The van der Waals surface area contributed by atoms with Crippen LogP contribution in [0.25, 0.3) is 11.0 Å². The summed E-state index contributed by atoms with van der Waals surface area (Å²) in [5.74, 6) is -3.16. The molecule has 0 saturated carbocycles. The molecule has 2 N–H and O–H groups in total. The van der Waals surface area contributed by atoms with Gasteiger partial charge >= 0.3 is 11.8 Å². The van der Waals surface area contributed by atoms with Gasteiger partial charge in [0.15, 0.2) is 0 Å². The number of aliphatic carboxylic acids is 1. The highest BCUT2D eigenvalue weighted by atomic mass is 35.5. The predicted molar refractivity (Wildman–Crippen MR) is 136 cm³/mol. The first kappa shape index (κ1) is 28.9. The van der Waals surface area contributed by atoms with E-state index in [1.165, 1.54) is 0 Å². The molecule has 2 atom stereocenters. The van der Waals surface area contributed by atoms with Crippen LogP contribution in [0.3, 0.4) is 0 Å². The van der Waals surface area contributed by atoms with E-state index in [0.717, 1.165) is 22.9 Å². The van der Waals surface area contributed by atoms with Crippen molar-refractivity contribution in [1.29, 1.82) is 0 Å². The van der Waals surface area contributed by atoms with Gasteiger partial charge in [0.1, 0.15) is 5.97 Å².